The zero-order valence-corrected chi connectivity index (χ0v) is 12.8. The van der Waals surface area contributed by atoms with Crippen LogP contribution in [0.3, 0.4) is 0 Å². The van der Waals surface area contributed by atoms with Gasteiger partial charge in [-0.1, -0.05) is 31.5 Å². The third-order valence-corrected chi connectivity index (χ3v) is 4.12. The van der Waals surface area contributed by atoms with E-state index >= 15 is 0 Å². The highest BCUT2D eigenvalue weighted by Gasteiger charge is 2.36. The van der Waals surface area contributed by atoms with Crippen LogP contribution in [0.5, 0.6) is 5.75 Å². The Kier molecular flexibility index (Phi) is 6.07. The van der Waals surface area contributed by atoms with Crippen LogP contribution in [0.4, 0.5) is 0 Å². The van der Waals surface area contributed by atoms with Gasteiger partial charge in [-0.05, 0) is 30.5 Å². The van der Waals surface area contributed by atoms with Crippen molar-refractivity contribution in [3.63, 3.8) is 0 Å². The fourth-order valence-corrected chi connectivity index (χ4v) is 2.67. The smallest absolute Gasteiger partial charge is 0.137 e. The predicted molar refractivity (Wildman–Crippen MR) is 78.4 cm³/mol. The normalized spacial score (nSPS) is 13.4. The van der Waals surface area contributed by atoms with Crippen molar-refractivity contribution < 1.29 is 9.47 Å². The van der Waals surface area contributed by atoms with Gasteiger partial charge in [-0.3, -0.25) is 11.3 Å². The third-order valence-electron chi connectivity index (χ3n) is 3.80. The SMILES string of the molecule is CCC(CC)(OC)C(NN)c1ccc(Cl)c(OC)c1. The average Bonchev–Trinajstić information content (AvgIpc) is 2.46. The number of ether oxygens (including phenoxy) is 2. The van der Waals surface area contributed by atoms with Gasteiger partial charge in [0, 0.05) is 7.11 Å². The molecule has 19 heavy (non-hydrogen) atoms. The Hall–Kier alpha value is -0.810. The van der Waals surface area contributed by atoms with E-state index in [1.807, 2.05) is 18.2 Å². The Morgan fingerprint density at radius 2 is 1.95 bits per heavy atom. The van der Waals surface area contributed by atoms with E-state index in [4.69, 9.17) is 26.9 Å². The highest BCUT2D eigenvalue weighted by atomic mass is 35.5. The number of methoxy groups -OCH3 is 2. The minimum absolute atomic E-state index is 0.126. The minimum Gasteiger partial charge on any atom is -0.495 e. The van der Waals surface area contributed by atoms with Crippen molar-refractivity contribution in [2.45, 2.75) is 38.3 Å². The van der Waals surface area contributed by atoms with Crippen molar-refractivity contribution in [1.82, 2.24) is 5.43 Å². The number of hydrogen-bond donors (Lipinski definition) is 2. The van der Waals surface area contributed by atoms with Crippen molar-refractivity contribution in [2.75, 3.05) is 14.2 Å². The van der Waals surface area contributed by atoms with Crippen LogP contribution in [0.15, 0.2) is 18.2 Å². The summed E-state index contributed by atoms with van der Waals surface area (Å²) in [7, 11) is 3.31. The van der Waals surface area contributed by atoms with Crippen LogP contribution in [0.1, 0.15) is 38.3 Å². The maximum absolute atomic E-state index is 6.05. The summed E-state index contributed by atoms with van der Waals surface area (Å²) in [6, 6.07) is 5.52. The molecule has 1 unspecified atom stereocenters. The van der Waals surface area contributed by atoms with Crippen LogP contribution in [0, 0.1) is 0 Å². The molecule has 0 bridgehead atoms. The van der Waals surface area contributed by atoms with E-state index in [1.54, 1.807) is 14.2 Å². The molecular weight excluding hydrogens is 264 g/mol. The van der Waals surface area contributed by atoms with Gasteiger partial charge < -0.3 is 9.47 Å². The second-order valence-electron chi connectivity index (χ2n) is 4.47. The molecule has 4 nitrogen and oxygen atoms in total. The minimum atomic E-state index is -0.354. The molecule has 0 spiro atoms. The average molecular weight is 287 g/mol. The molecule has 0 radical (unpaired) electrons. The van der Waals surface area contributed by atoms with Crippen molar-refractivity contribution in [2.24, 2.45) is 5.84 Å². The molecule has 3 N–H and O–H groups in total. The zero-order valence-electron chi connectivity index (χ0n) is 12.0. The Morgan fingerprint density at radius 1 is 1.32 bits per heavy atom. The first-order valence-corrected chi connectivity index (χ1v) is 6.81. The molecule has 108 valence electrons. The van der Waals surface area contributed by atoms with Crippen LogP contribution in [0.25, 0.3) is 0 Å². The largest absolute Gasteiger partial charge is 0.495 e. The van der Waals surface area contributed by atoms with E-state index in [9.17, 15) is 0 Å². The lowest BCUT2D eigenvalue weighted by Crippen LogP contribution is -2.47. The molecule has 0 heterocycles. The maximum Gasteiger partial charge on any atom is 0.137 e. The van der Waals surface area contributed by atoms with Gasteiger partial charge in [0.2, 0.25) is 0 Å². The molecule has 1 rings (SSSR count). The number of halogens is 1. The summed E-state index contributed by atoms with van der Waals surface area (Å²) < 4.78 is 11.0. The van der Waals surface area contributed by atoms with E-state index in [2.05, 4.69) is 19.3 Å². The fourth-order valence-electron chi connectivity index (χ4n) is 2.47. The molecule has 0 aromatic heterocycles. The molecule has 1 atom stereocenters. The molecule has 0 amide bonds. The van der Waals surface area contributed by atoms with Gasteiger partial charge in [-0.15, -0.1) is 0 Å². The number of hydrazine groups is 1. The summed E-state index contributed by atoms with van der Waals surface area (Å²) in [5, 5.41) is 0.582. The highest BCUT2D eigenvalue weighted by molar-refractivity contribution is 6.32. The van der Waals surface area contributed by atoms with Gasteiger partial charge in [0.25, 0.3) is 0 Å². The molecule has 0 saturated heterocycles. The van der Waals surface area contributed by atoms with Crippen molar-refractivity contribution in [3.05, 3.63) is 28.8 Å². The van der Waals surface area contributed by atoms with Gasteiger partial charge in [-0.25, -0.2) is 0 Å². The maximum atomic E-state index is 6.05. The van der Waals surface area contributed by atoms with Crippen molar-refractivity contribution in [3.8, 4) is 5.75 Å². The first kappa shape index (κ1) is 16.2. The Bertz CT molecular complexity index is 400. The molecule has 0 saturated carbocycles. The summed E-state index contributed by atoms with van der Waals surface area (Å²) in [6.45, 7) is 4.18. The molecule has 5 heteroatoms. The van der Waals surface area contributed by atoms with Crippen LogP contribution in [-0.4, -0.2) is 19.8 Å². The predicted octanol–water partition coefficient (Wildman–Crippen LogP) is 3.06. The lowest BCUT2D eigenvalue weighted by Gasteiger charge is -2.38. The summed E-state index contributed by atoms with van der Waals surface area (Å²) in [5.41, 5.74) is 3.50. The molecule has 0 fully saturated rings. The molecule has 1 aromatic rings. The Balaban J connectivity index is 3.22. The first-order valence-electron chi connectivity index (χ1n) is 6.43. The van der Waals surface area contributed by atoms with Crippen molar-refractivity contribution in [1.29, 1.82) is 0 Å². The number of nitrogens with one attached hydrogen (secondary N) is 1. The van der Waals surface area contributed by atoms with Gasteiger partial charge >= 0.3 is 0 Å². The van der Waals surface area contributed by atoms with Crippen LogP contribution < -0.4 is 16.0 Å². The summed E-state index contributed by atoms with van der Waals surface area (Å²) in [4.78, 5) is 0. The second kappa shape index (κ2) is 7.10. The monoisotopic (exact) mass is 286 g/mol. The summed E-state index contributed by atoms with van der Waals surface area (Å²) >= 11 is 6.05. The molecular formula is C14H23ClN2O2. The van der Waals surface area contributed by atoms with E-state index in [1.165, 1.54) is 0 Å². The highest BCUT2D eigenvalue weighted by Crippen LogP contribution is 2.37. The van der Waals surface area contributed by atoms with Gasteiger partial charge in [0.15, 0.2) is 0 Å². The van der Waals surface area contributed by atoms with Gasteiger partial charge in [0.05, 0.1) is 23.8 Å². The first-order chi connectivity index (χ1) is 9.08. The standard InChI is InChI=1S/C14H23ClN2O2/c1-5-14(6-2,19-4)13(17-16)10-7-8-11(15)12(9-10)18-3/h7-9,13,17H,5-6,16H2,1-4H3. The van der Waals surface area contributed by atoms with Crippen LogP contribution >= 0.6 is 11.6 Å². The van der Waals surface area contributed by atoms with Gasteiger partial charge in [0.1, 0.15) is 5.75 Å². The third kappa shape index (κ3) is 3.20. The lowest BCUT2D eigenvalue weighted by atomic mass is 9.84. The number of rotatable bonds is 7. The summed E-state index contributed by atoms with van der Waals surface area (Å²) in [5.74, 6) is 6.38. The van der Waals surface area contributed by atoms with Gasteiger partial charge in [-0.2, -0.15) is 0 Å². The fraction of sp³-hybridized carbons (Fsp3) is 0.571. The van der Waals surface area contributed by atoms with E-state index in [0.29, 0.717) is 10.8 Å². The van der Waals surface area contributed by atoms with E-state index < -0.39 is 0 Å². The van der Waals surface area contributed by atoms with E-state index in [-0.39, 0.29) is 11.6 Å². The molecule has 1 aromatic carbocycles. The number of benzene rings is 1. The number of nitrogens with two attached hydrogens (primary N) is 1. The molecule has 0 aliphatic carbocycles. The Morgan fingerprint density at radius 3 is 2.37 bits per heavy atom. The quantitative estimate of drug-likeness (QED) is 0.597. The molecule has 0 aliphatic heterocycles. The topological polar surface area (TPSA) is 56.5 Å². The lowest BCUT2D eigenvalue weighted by molar-refractivity contribution is -0.0487. The Labute approximate surface area is 120 Å². The second-order valence-corrected chi connectivity index (χ2v) is 4.88. The van der Waals surface area contributed by atoms with Crippen LogP contribution in [-0.2, 0) is 4.74 Å². The number of hydrogen-bond acceptors (Lipinski definition) is 4. The van der Waals surface area contributed by atoms with Crippen LogP contribution in [0.2, 0.25) is 5.02 Å². The van der Waals surface area contributed by atoms with Crippen molar-refractivity contribution >= 4 is 11.6 Å². The van der Waals surface area contributed by atoms with E-state index in [0.717, 1.165) is 18.4 Å². The summed E-state index contributed by atoms with van der Waals surface area (Å²) in [6.07, 6.45) is 1.69. The zero-order chi connectivity index (χ0) is 14.5. The molecule has 0 aliphatic rings.